The van der Waals surface area contributed by atoms with Crippen LogP contribution < -0.4 is 15.1 Å². The molecule has 0 radical (unpaired) electrons. The molecule has 240 valence electrons. The number of rotatable bonds is 8. The molecule has 1 aromatic heterocycles. The fraction of sp³-hybridized carbons (Fsp3) is 0.211. The predicted molar refractivity (Wildman–Crippen MR) is 176 cm³/mol. The van der Waals surface area contributed by atoms with E-state index in [2.05, 4.69) is 6.58 Å². The van der Waals surface area contributed by atoms with Crippen LogP contribution in [0.15, 0.2) is 124 Å². The lowest BCUT2D eigenvalue weighted by Crippen LogP contribution is -2.43. The summed E-state index contributed by atoms with van der Waals surface area (Å²) in [5.41, 5.74) is 2.02. The van der Waals surface area contributed by atoms with E-state index in [4.69, 9.17) is 23.4 Å². The number of carbonyl (C=O) groups excluding carboxylic acids is 3. The van der Waals surface area contributed by atoms with Gasteiger partial charge in [0.05, 0.1) is 19.8 Å². The third-order valence-electron chi connectivity index (χ3n) is 7.96. The molecule has 0 saturated carbocycles. The van der Waals surface area contributed by atoms with Crippen molar-refractivity contribution in [3.63, 3.8) is 0 Å². The lowest BCUT2D eigenvalue weighted by molar-refractivity contribution is -0.117. The van der Waals surface area contributed by atoms with E-state index in [0.717, 1.165) is 22.3 Å². The first-order valence-corrected chi connectivity index (χ1v) is 14.9. The second-order valence-corrected chi connectivity index (χ2v) is 11.4. The molecule has 2 heterocycles. The number of ether oxygens (including phenoxy) is 4. The first-order chi connectivity index (χ1) is 22.5. The maximum absolute atomic E-state index is 12.4. The molecule has 1 aliphatic carbocycles. The summed E-state index contributed by atoms with van der Waals surface area (Å²) in [5, 5.41) is 0.840. The topological polar surface area (TPSA) is 118 Å². The average Bonchev–Trinajstić information content (AvgIpc) is 3.50. The maximum atomic E-state index is 12.4. The highest BCUT2D eigenvalue weighted by atomic mass is 16.6. The average molecular weight is 635 g/mol. The SMILES string of the molecule is C=CC(C1=CC(=O)C(OC)=CC1=O)c1ccc(OC)cc1.CC(C)(OC(=O)c1ccccc1)C1Cc2cc3ccc(=O)oc3cc2O1. The van der Waals surface area contributed by atoms with Gasteiger partial charge in [-0.2, -0.15) is 0 Å². The summed E-state index contributed by atoms with van der Waals surface area (Å²) in [6, 6.07) is 23.0. The molecule has 47 heavy (non-hydrogen) atoms. The molecule has 9 heteroatoms. The molecular formula is C38H34O9. The molecule has 3 aromatic carbocycles. The van der Waals surface area contributed by atoms with Crippen molar-refractivity contribution in [2.24, 2.45) is 0 Å². The monoisotopic (exact) mass is 634 g/mol. The van der Waals surface area contributed by atoms with Gasteiger partial charge in [-0.15, -0.1) is 6.58 Å². The Hall–Kier alpha value is -5.70. The van der Waals surface area contributed by atoms with Gasteiger partial charge in [-0.3, -0.25) is 9.59 Å². The minimum absolute atomic E-state index is 0.0568. The lowest BCUT2D eigenvalue weighted by atomic mass is 9.85. The van der Waals surface area contributed by atoms with E-state index in [1.54, 1.807) is 61.7 Å². The van der Waals surface area contributed by atoms with Crippen molar-refractivity contribution in [1.82, 2.24) is 0 Å². The molecule has 0 bridgehead atoms. The Kier molecular flexibility index (Phi) is 9.56. The Labute approximate surface area is 271 Å². The van der Waals surface area contributed by atoms with Gasteiger partial charge in [0.15, 0.2) is 11.5 Å². The smallest absolute Gasteiger partial charge is 0.338 e. The summed E-state index contributed by atoms with van der Waals surface area (Å²) in [7, 11) is 2.95. The van der Waals surface area contributed by atoms with Gasteiger partial charge in [0.1, 0.15) is 28.8 Å². The Morgan fingerprint density at radius 3 is 2.30 bits per heavy atom. The normalized spacial score (nSPS) is 16.0. The van der Waals surface area contributed by atoms with E-state index in [9.17, 15) is 19.2 Å². The Balaban J connectivity index is 0.000000189. The minimum Gasteiger partial charge on any atom is -0.497 e. The van der Waals surface area contributed by atoms with Gasteiger partial charge >= 0.3 is 11.6 Å². The number of esters is 1. The van der Waals surface area contributed by atoms with Crippen molar-refractivity contribution >= 4 is 28.5 Å². The number of carbonyl (C=O) groups is 3. The molecule has 9 nitrogen and oxygen atoms in total. The Morgan fingerprint density at radius 2 is 1.64 bits per heavy atom. The van der Waals surface area contributed by atoms with Crippen LogP contribution in [0.25, 0.3) is 11.0 Å². The number of allylic oxidation sites excluding steroid dienone is 4. The summed E-state index contributed by atoms with van der Waals surface area (Å²) in [4.78, 5) is 47.8. The number of benzene rings is 3. The number of hydrogen-bond donors (Lipinski definition) is 0. The first-order valence-electron chi connectivity index (χ1n) is 14.9. The summed E-state index contributed by atoms with van der Waals surface area (Å²) >= 11 is 0. The summed E-state index contributed by atoms with van der Waals surface area (Å²) in [6.07, 6.45) is 4.47. The number of hydrogen-bond acceptors (Lipinski definition) is 9. The predicted octanol–water partition coefficient (Wildman–Crippen LogP) is 6.31. The molecular weight excluding hydrogens is 600 g/mol. The van der Waals surface area contributed by atoms with Crippen LogP contribution in [0.1, 0.15) is 41.3 Å². The van der Waals surface area contributed by atoms with Crippen molar-refractivity contribution in [2.75, 3.05) is 14.2 Å². The largest absolute Gasteiger partial charge is 0.497 e. The zero-order valence-corrected chi connectivity index (χ0v) is 26.5. The van der Waals surface area contributed by atoms with E-state index in [1.807, 2.05) is 38.1 Å². The molecule has 4 aromatic rings. The zero-order chi connectivity index (χ0) is 33.7. The summed E-state index contributed by atoms with van der Waals surface area (Å²) < 4.78 is 26.9. The molecule has 2 atom stereocenters. The molecule has 2 unspecified atom stereocenters. The summed E-state index contributed by atoms with van der Waals surface area (Å²) in [5.74, 6) is 0.151. The third-order valence-corrected chi connectivity index (χ3v) is 7.96. The van der Waals surface area contributed by atoms with E-state index in [1.165, 1.54) is 25.3 Å². The van der Waals surface area contributed by atoms with E-state index in [-0.39, 0.29) is 35.3 Å². The highest BCUT2D eigenvalue weighted by Gasteiger charge is 2.40. The van der Waals surface area contributed by atoms with Gasteiger partial charge in [-0.1, -0.05) is 36.4 Å². The van der Waals surface area contributed by atoms with Crippen molar-refractivity contribution in [1.29, 1.82) is 0 Å². The molecule has 0 spiro atoms. The van der Waals surface area contributed by atoms with Crippen molar-refractivity contribution < 1.29 is 37.7 Å². The fourth-order valence-electron chi connectivity index (χ4n) is 5.35. The van der Waals surface area contributed by atoms with Gasteiger partial charge in [0, 0.05) is 41.5 Å². The minimum atomic E-state index is -0.820. The number of ketones is 2. The second-order valence-electron chi connectivity index (χ2n) is 11.4. The van der Waals surface area contributed by atoms with Crippen molar-refractivity contribution in [3.05, 3.63) is 142 Å². The van der Waals surface area contributed by atoms with Gasteiger partial charge < -0.3 is 23.4 Å². The van der Waals surface area contributed by atoms with E-state index >= 15 is 0 Å². The number of methoxy groups -OCH3 is 2. The molecule has 0 N–H and O–H groups in total. The highest BCUT2D eigenvalue weighted by Crippen LogP contribution is 2.37. The lowest BCUT2D eigenvalue weighted by Gasteiger charge is -2.30. The standard InChI is InChI=1S/C21H18O5.C17H16O4/c1-21(2,26-20(23)13-6-4-3-5-7-13)18-11-15-10-14-8-9-19(22)25-16(14)12-17(15)24-18;1-4-13(11-5-7-12(20-2)8-6-11)14-9-16(19)17(21-3)10-15(14)18/h3-10,12,18H,11H2,1-2H3;4-10,13H,1H2,2-3H3. The van der Waals surface area contributed by atoms with Crippen LogP contribution in [-0.4, -0.2) is 43.5 Å². The van der Waals surface area contributed by atoms with Gasteiger partial charge in [0.25, 0.3) is 0 Å². The second kappa shape index (κ2) is 13.7. The van der Waals surface area contributed by atoms with Crippen LogP contribution >= 0.6 is 0 Å². The zero-order valence-electron chi connectivity index (χ0n) is 26.5. The van der Waals surface area contributed by atoms with E-state index in [0.29, 0.717) is 28.9 Å². The fourth-order valence-corrected chi connectivity index (χ4v) is 5.35. The molecule has 0 saturated heterocycles. The van der Waals surface area contributed by atoms with Crippen LogP contribution in [0.3, 0.4) is 0 Å². The molecule has 6 rings (SSSR count). The first kappa shape index (κ1) is 32.7. The van der Waals surface area contributed by atoms with Crippen LogP contribution in [0.4, 0.5) is 0 Å². The Morgan fingerprint density at radius 1 is 0.915 bits per heavy atom. The van der Waals surface area contributed by atoms with Gasteiger partial charge in [-0.05, 0) is 67.4 Å². The van der Waals surface area contributed by atoms with Gasteiger partial charge in [-0.25, -0.2) is 9.59 Å². The third kappa shape index (κ3) is 7.25. The number of fused-ring (bicyclic) bond motifs is 2. The van der Waals surface area contributed by atoms with Crippen LogP contribution in [0.5, 0.6) is 11.5 Å². The molecule has 0 fully saturated rings. The van der Waals surface area contributed by atoms with Crippen LogP contribution in [0, 0.1) is 0 Å². The Bertz CT molecular complexity index is 1950. The highest BCUT2D eigenvalue weighted by molar-refractivity contribution is 6.19. The van der Waals surface area contributed by atoms with Crippen molar-refractivity contribution in [3.8, 4) is 11.5 Å². The quantitative estimate of drug-likeness (QED) is 0.0952. The molecule has 2 aliphatic rings. The molecule has 1 aliphatic heterocycles. The maximum Gasteiger partial charge on any atom is 0.338 e. The van der Waals surface area contributed by atoms with Crippen molar-refractivity contribution in [2.45, 2.75) is 37.9 Å². The molecule has 0 amide bonds. The van der Waals surface area contributed by atoms with Crippen LogP contribution in [0.2, 0.25) is 0 Å². The summed E-state index contributed by atoms with van der Waals surface area (Å²) in [6.45, 7) is 7.44. The van der Waals surface area contributed by atoms with E-state index < -0.39 is 11.2 Å². The van der Waals surface area contributed by atoms with Crippen LogP contribution in [-0.2, 0) is 25.5 Å². The van der Waals surface area contributed by atoms with Gasteiger partial charge in [0.2, 0.25) is 5.78 Å².